The van der Waals surface area contributed by atoms with Gasteiger partial charge in [0.05, 0.1) is 12.1 Å². The molecule has 1 amide bonds. The van der Waals surface area contributed by atoms with E-state index in [0.29, 0.717) is 24.7 Å². The number of halogens is 2. The van der Waals surface area contributed by atoms with Gasteiger partial charge in [-0.2, -0.15) is 5.10 Å². The summed E-state index contributed by atoms with van der Waals surface area (Å²) in [5, 5.41) is 18.3. The fourth-order valence-electron chi connectivity index (χ4n) is 2.69. The molecule has 0 aliphatic rings. The Bertz CT molecular complexity index is 971. The molecule has 1 aromatic carbocycles. The van der Waals surface area contributed by atoms with Gasteiger partial charge in [-0.1, -0.05) is 6.07 Å². The minimum absolute atomic E-state index is 0.150. The van der Waals surface area contributed by atoms with E-state index in [-0.39, 0.29) is 17.9 Å². The van der Waals surface area contributed by atoms with Gasteiger partial charge in [-0.15, -0.1) is 10.2 Å². The molecule has 3 rings (SSSR count). The van der Waals surface area contributed by atoms with Crippen LogP contribution in [0.1, 0.15) is 17.0 Å². The van der Waals surface area contributed by atoms with Crippen LogP contribution in [0.5, 0.6) is 0 Å². The zero-order valence-electron chi connectivity index (χ0n) is 15.5. The first-order chi connectivity index (χ1) is 13.4. The van der Waals surface area contributed by atoms with E-state index in [4.69, 9.17) is 0 Å². The number of rotatable bonds is 7. The largest absolute Gasteiger partial charge is 0.367 e. The van der Waals surface area contributed by atoms with Crippen molar-refractivity contribution in [3.05, 3.63) is 65.0 Å². The van der Waals surface area contributed by atoms with Gasteiger partial charge in [-0.3, -0.25) is 4.79 Å². The van der Waals surface area contributed by atoms with Crippen LogP contribution in [-0.4, -0.2) is 39.0 Å². The highest BCUT2D eigenvalue weighted by Crippen LogP contribution is 2.11. The third kappa shape index (κ3) is 4.87. The SMILES string of the molecule is Cc1cc(C)n(-c2ccc(NCCNC(=O)Cc3ccc(F)cc3F)nn2)n1. The van der Waals surface area contributed by atoms with Crippen LogP contribution >= 0.6 is 0 Å². The van der Waals surface area contributed by atoms with Crippen molar-refractivity contribution < 1.29 is 13.6 Å². The van der Waals surface area contributed by atoms with Crippen LogP contribution in [0.3, 0.4) is 0 Å². The molecule has 0 fully saturated rings. The van der Waals surface area contributed by atoms with Crippen molar-refractivity contribution in [2.45, 2.75) is 20.3 Å². The van der Waals surface area contributed by atoms with Crippen molar-refractivity contribution in [3.8, 4) is 5.82 Å². The molecule has 2 N–H and O–H groups in total. The number of carbonyl (C=O) groups is 1. The van der Waals surface area contributed by atoms with Crippen LogP contribution in [0.25, 0.3) is 5.82 Å². The molecular formula is C19H20F2N6O. The molecule has 0 aliphatic heterocycles. The Morgan fingerprint density at radius 1 is 1.07 bits per heavy atom. The summed E-state index contributed by atoms with van der Waals surface area (Å²) in [7, 11) is 0. The predicted molar refractivity (Wildman–Crippen MR) is 100 cm³/mol. The lowest BCUT2D eigenvalue weighted by Crippen LogP contribution is -2.30. The Hall–Kier alpha value is -3.36. The molecule has 0 saturated heterocycles. The predicted octanol–water partition coefficient (Wildman–Crippen LogP) is 2.33. The number of nitrogens with zero attached hydrogens (tertiary/aromatic N) is 4. The lowest BCUT2D eigenvalue weighted by molar-refractivity contribution is -0.120. The van der Waals surface area contributed by atoms with Gasteiger partial charge < -0.3 is 10.6 Å². The molecular weight excluding hydrogens is 366 g/mol. The van der Waals surface area contributed by atoms with E-state index in [1.165, 1.54) is 6.07 Å². The molecule has 146 valence electrons. The second-order valence-corrected chi connectivity index (χ2v) is 6.30. The van der Waals surface area contributed by atoms with E-state index in [9.17, 15) is 13.6 Å². The lowest BCUT2D eigenvalue weighted by atomic mass is 10.1. The van der Waals surface area contributed by atoms with Gasteiger partial charge in [-0.05, 0) is 43.7 Å². The van der Waals surface area contributed by atoms with E-state index >= 15 is 0 Å². The molecule has 28 heavy (non-hydrogen) atoms. The third-order valence-corrected chi connectivity index (χ3v) is 4.00. The number of benzene rings is 1. The van der Waals surface area contributed by atoms with Crippen molar-refractivity contribution in [1.29, 1.82) is 0 Å². The van der Waals surface area contributed by atoms with Crippen LogP contribution in [-0.2, 0) is 11.2 Å². The number of aromatic nitrogens is 4. The summed E-state index contributed by atoms with van der Waals surface area (Å²) < 4.78 is 28.1. The Morgan fingerprint density at radius 3 is 2.54 bits per heavy atom. The second kappa shape index (κ2) is 8.55. The molecule has 0 bridgehead atoms. The molecule has 0 unspecified atom stereocenters. The van der Waals surface area contributed by atoms with Crippen molar-refractivity contribution in [2.75, 3.05) is 18.4 Å². The number of hydrogen-bond acceptors (Lipinski definition) is 5. The Morgan fingerprint density at radius 2 is 1.89 bits per heavy atom. The summed E-state index contributed by atoms with van der Waals surface area (Å²) in [5.41, 5.74) is 2.02. The minimum Gasteiger partial charge on any atom is -0.367 e. The molecule has 2 aromatic heterocycles. The first kappa shape index (κ1) is 19.4. The minimum atomic E-state index is -0.730. The summed E-state index contributed by atoms with van der Waals surface area (Å²) in [6, 6.07) is 8.68. The van der Waals surface area contributed by atoms with Crippen LogP contribution in [0, 0.1) is 25.5 Å². The Kier molecular flexibility index (Phi) is 5.93. The van der Waals surface area contributed by atoms with Crippen LogP contribution < -0.4 is 10.6 Å². The molecule has 0 radical (unpaired) electrons. The number of aryl methyl sites for hydroxylation is 2. The van der Waals surface area contributed by atoms with E-state index in [1.807, 2.05) is 19.9 Å². The van der Waals surface area contributed by atoms with E-state index < -0.39 is 11.6 Å². The number of carbonyl (C=O) groups excluding carboxylic acids is 1. The third-order valence-electron chi connectivity index (χ3n) is 4.00. The molecule has 0 spiro atoms. The van der Waals surface area contributed by atoms with Gasteiger partial charge in [0, 0.05) is 24.8 Å². The van der Waals surface area contributed by atoms with E-state index in [1.54, 1.807) is 16.8 Å². The lowest BCUT2D eigenvalue weighted by Gasteiger charge is -2.08. The van der Waals surface area contributed by atoms with Crippen molar-refractivity contribution in [3.63, 3.8) is 0 Å². The van der Waals surface area contributed by atoms with Crippen LogP contribution in [0.2, 0.25) is 0 Å². The van der Waals surface area contributed by atoms with Gasteiger partial charge in [0.15, 0.2) is 5.82 Å². The molecule has 2 heterocycles. The first-order valence-electron chi connectivity index (χ1n) is 8.74. The standard InChI is InChI=1S/C19H20F2N6O/c1-12-9-13(2)27(26-12)18-6-5-17(24-25-18)22-7-8-23-19(28)10-14-3-4-15(20)11-16(14)21/h3-6,9,11H,7-8,10H2,1-2H3,(H,22,24)(H,23,28). The number of amides is 1. The normalized spacial score (nSPS) is 10.7. The topological polar surface area (TPSA) is 84.7 Å². The maximum Gasteiger partial charge on any atom is 0.224 e. The number of nitrogens with one attached hydrogen (secondary N) is 2. The number of hydrogen-bond donors (Lipinski definition) is 2. The van der Waals surface area contributed by atoms with E-state index in [0.717, 1.165) is 23.5 Å². The highest BCUT2D eigenvalue weighted by atomic mass is 19.1. The fraction of sp³-hybridized carbons (Fsp3) is 0.263. The maximum atomic E-state index is 13.5. The summed E-state index contributed by atoms with van der Waals surface area (Å²) >= 11 is 0. The van der Waals surface area contributed by atoms with Crippen molar-refractivity contribution in [2.24, 2.45) is 0 Å². The highest BCUT2D eigenvalue weighted by Gasteiger charge is 2.09. The zero-order chi connectivity index (χ0) is 20.1. The van der Waals surface area contributed by atoms with E-state index in [2.05, 4.69) is 25.9 Å². The summed E-state index contributed by atoms with van der Waals surface area (Å²) in [4.78, 5) is 11.9. The molecule has 9 heteroatoms. The van der Waals surface area contributed by atoms with Crippen LogP contribution in [0.15, 0.2) is 36.4 Å². The second-order valence-electron chi connectivity index (χ2n) is 6.30. The van der Waals surface area contributed by atoms with Gasteiger partial charge in [0.25, 0.3) is 0 Å². The number of anilines is 1. The summed E-state index contributed by atoms with van der Waals surface area (Å²) in [6.45, 7) is 4.59. The average molecular weight is 386 g/mol. The summed E-state index contributed by atoms with van der Waals surface area (Å²) in [6.07, 6.45) is -0.150. The van der Waals surface area contributed by atoms with Crippen LogP contribution in [0.4, 0.5) is 14.6 Å². The van der Waals surface area contributed by atoms with Gasteiger partial charge in [0.2, 0.25) is 5.91 Å². The zero-order valence-corrected chi connectivity index (χ0v) is 15.5. The Balaban J connectivity index is 1.45. The summed E-state index contributed by atoms with van der Waals surface area (Å²) in [5.74, 6) is -0.574. The van der Waals surface area contributed by atoms with Crippen molar-refractivity contribution >= 4 is 11.7 Å². The molecule has 3 aromatic rings. The monoisotopic (exact) mass is 386 g/mol. The Labute approximate surface area is 160 Å². The van der Waals surface area contributed by atoms with Gasteiger partial charge >= 0.3 is 0 Å². The molecule has 7 nitrogen and oxygen atoms in total. The average Bonchev–Trinajstić information content (AvgIpc) is 3.00. The first-order valence-corrected chi connectivity index (χ1v) is 8.74. The quantitative estimate of drug-likeness (QED) is 0.609. The van der Waals surface area contributed by atoms with Crippen molar-refractivity contribution in [1.82, 2.24) is 25.3 Å². The smallest absolute Gasteiger partial charge is 0.224 e. The molecule has 0 aliphatic carbocycles. The fourth-order valence-corrected chi connectivity index (χ4v) is 2.69. The maximum absolute atomic E-state index is 13.5. The van der Waals surface area contributed by atoms with Gasteiger partial charge in [-0.25, -0.2) is 13.5 Å². The molecule has 0 atom stereocenters. The highest BCUT2D eigenvalue weighted by molar-refractivity contribution is 5.78. The van der Waals surface area contributed by atoms with Gasteiger partial charge in [0.1, 0.15) is 17.5 Å². The molecule has 0 saturated carbocycles.